The van der Waals surface area contributed by atoms with Crippen LogP contribution in [-0.2, 0) is 11.2 Å². The maximum Gasteiger partial charge on any atom is 0.286 e. The number of hydrogen-bond acceptors (Lipinski definition) is 4. The molecule has 1 aromatic carbocycles. The Bertz CT molecular complexity index is 514. The van der Waals surface area contributed by atoms with Gasteiger partial charge < -0.3 is 5.11 Å². The van der Waals surface area contributed by atoms with Gasteiger partial charge in [-0.25, -0.2) is 0 Å². The summed E-state index contributed by atoms with van der Waals surface area (Å²) in [5.41, 5.74) is 2.17. The van der Waals surface area contributed by atoms with Crippen molar-refractivity contribution in [3.8, 4) is 5.75 Å². The molecule has 17 heavy (non-hydrogen) atoms. The molecule has 5 heteroatoms. The van der Waals surface area contributed by atoms with Crippen molar-refractivity contribution in [2.45, 2.75) is 24.0 Å². The van der Waals surface area contributed by atoms with Crippen LogP contribution in [0.15, 0.2) is 18.2 Å². The molecule has 1 aromatic rings. The highest BCUT2D eigenvalue weighted by atomic mass is 32.2. The van der Waals surface area contributed by atoms with Gasteiger partial charge in [0, 0.05) is 5.92 Å². The van der Waals surface area contributed by atoms with E-state index in [0.717, 1.165) is 35.7 Å². The molecule has 1 aliphatic heterocycles. The number of aromatic hydroxyl groups is 1. The van der Waals surface area contributed by atoms with Crippen molar-refractivity contribution in [1.29, 1.82) is 0 Å². The van der Waals surface area contributed by atoms with Gasteiger partial charge in [0.15, 0.2) is 0 Å². The van der Waals surface area contributed by atoms with Crippen LogP contribution in [0.25, 0.3) is 0 Å². The third-order valence-electron chi connectivity index (χ3n) is 3.33. The van der Waals surface area contributed by atoms with Crippen molar-refractivity contribution in [3.63, 3.8) is 0 Å². The molecule has 2 aliphatic rings. The van der Waals surface area contributed by atoms with E-state index in [9.17, 15) is 14.7 Å². The average molecular weight is 249 g/mol. The highest BCUT2D eigenvalue weighted by molar-refractivity contribution is 8.15. The Labute approximate surface area is 102 Å². The van der Waals surface area contributed by atoms with E-state index < -0.39 is 0 Å². The van der Waals surface area contributed by atoms with Crippen LogP contribution in [-0.4, -0.2) is 21.5 Å². The minimum absolute atomic E-state index is 0.0852. The summed E-state index contributed by atoms with van der Waals surface area (Å²) in [6.07, 6.45) is 1.71. The van der Waals surface area contributed by atoms with E-state index in [1.165, 1.54) is 0 Å². The molecule has 3 rings (SSSR count). The number of carbonyl (C=O) groups is 2. The first-order valence-corrected chi connectivity index (χ1v) is 6.36. The zero-order valence-corrected chi connectivity index (χ0v) is 9.79. The first kappa shape index (κ1) is 10.7. The number of imide groups is 1. The van der Waals surface area contributed by atoms with Crippen molar-refractivity contribution in [2.24, 2.45) is 0 Å². The molecule has 1 unspecified atom stereocenters. The maximum atomic E-state index is 11.6. The van der Waals surface area contributed by atoms with Crippen molar-refractivity contribution in [1.82, 2.24) is 5.32 Å². The molecule has 0 aromatic heterocycles. The number of thioether (sulfide) groups is 1. The van der Waals surface area contributed by atoms with Crippen molar-refractivity contribution >= 4 is 22.9 Å². The third-order valence-corrected chi connectivity index (χ3v) is 4.45. The lowest BCUT2D eigenvalue weighted by Gasteiger charge is -2.15. The predicted octanol–water partition coefficient (Wildman–Crippen LogP) is 1.77. The molecule has 2 N–H and O–H groups in total. The zero-order chi connectivity index (χ0) is 12.0. The van der Waals surface area contributed by atoms with Crippen LogP contribution < -0.4 is 5.32 Å². The zero-order valence-electron chi connectivity index (χ0n) is 8.97. The van der Waals surface area contributed by atoms with E-state index in [1.54, 1.807) is 12.1 Å². The molecule has 1 fully saturated rings. The van der Waals surface area contributed by atoms with Gasteiger partial charge >= 0.3 is 0 Å². The van der Waals surface area contributed by atoms with Crippen LogP contribution in [0.4, 0.5) is 4.79 Å². The number of benzene rings is 1. The second-order valence-corrected chi connectivity index (χ2v) is 5.46. The fraction of sp³-hybridized carbons (Fsp3) is 0.333. The topological polar surface area (TPSA) is 66.4 Å². The Morgan fingerprint density at radius 3 is 2.88 bits per heavy atom. The van der Waals surface area contributed by atoms with Crippen molar-refractivity contribution in [2.75, 3.05) is 0 Å². The lowest BCUT2D eigenvalue weighted by molar-refractivity contribution is -0.119. The number of phenolic OH excluding ortho intramolecular Hbond substituents is 1. The van der Waals surface area contributed by atoms with E-state index in [-0.39, 0.29) is 28.1 Å². The minimum atomic E-state index is -0.312. The van der Waals surface area contributed by atoms with E-state index in [0.29, 0.717) is 0 Å². The van der Waals surface area contributed by atoms with Crippen LogP contribution >= 0.6 is 11.8 Å². The maximum absolute atomic E-state index is 11.6. The number of amides is 2. The third kappa shape index (κ3) is 1.70. The standard InChI is InChI=1S/C12H11NO3S/c14-7-2-4-8-6(5-7)1-3-9(8)10-11(15)13-12(16)17-10/h2,4-5,9-10,14H,1,3H2,(H,13,15,16)/t9-,10?/m1/s1. The molecule has 4 nitrogen and oxygen atoms in total. The summed E-state index contributed by atoms with van der Waals surface area (Å²) < 4.78 is 0. The molecule has 2 atom stereocenters. The van der Waals surface area contributed by atoms with Gasteiger partial charge in [0.2, 0.25) is 5.91 Å². The summed E-state index contributed by atoms with van der Waals surface area (Å²) in [6.45, 7) is 0. The Morgan fingerprint density at radius 1 is 1.35 bits per heavy atom. The van der Waals surface area contributed by atoms with E-state index in [4.69, 9.17) is 0 Å². The summed E-state index contributed by atoms with van der Waals surface area (Å²) in [6, 6.07) is 5.24. The molecule has 1 saturated heterocycles. The van der Waals surface area contributed by atoms with Gasteiger partial charge in [-0.05, 0) is 36.1 Å². The highest BCUT2D eigenvalue weighted by Crippen LogP contribution is 2.42. The Hall–Kier alpha value is -1.49. The van der Waals surface area contributed by atoms with Crippen LogP contribution in [0.3, 0.4) is 0 Å². The Morgan fingerprint density at radius 2 is 2.18 bits per heavy atom. The summed E-state index contributed by atoms with van der Waals surface area (Å²) >= 11 is 1.08. The van der Waals surface area contributed by atoms with Crippen molar-refractivity contribution in [3.05, 3.63) is 29.3 Å². The number of rotatable bonds is 1. The number of carbonyl (C=O) groups excluding carboxylic acids is 2. The van der Waals surface area contributed by atoms with Gasteiger partial charge in [-0.15, -0.1) is 0 Å². The van der Waals surface area contributed by atoms with Crippen LogP contribution in [0.5, 0.6) is 5.75 Å². The number of hydrogen-bond donors (Lipinski definition) is 2. The summed E-state index contributed by atoms with van der Waals surface area (Å²) in [4.78, 5) is 22.8. The molecule has 1 heterocycles. The quantitative estimate of drug-likeness (QED) is 0.796. The summed E-state index contributed by atoms with van der Waals surface area (Å²) in [5, 5.41) is 11.2. The van der Waals surface area contributed by atoms with Gasteiger partial charge in [0.05, 0.1) is 0 Å². The molecule has 0 bridgehead atoms. The molecule has 88 valence electrons. The van der Waals surface area contributed by atoms with Gasteiger partial charge in [0.25, 0.3) is 5.24 Å². The molecule has 0 radical (unpaired) electrons. The summed E-state index contributed by atoms with van der Waals surface area (Å²) in [5.74, 6) is 0.150. The van der Waals surface area contributed by atoms with Gasteiger partial charge in [0.1, 0.15) is 11.0 Å². The van der Waals surface area contributed by atoms with Crippen LogP contribution in [0.1, 0.15) is 23.5 Å². The lowest BCUT2D eigenvalue weighted by atomic mass is 9.97. The van der Waals surface area contributed by atoms with E-state index >= 15 is 0 Å². The average Bonchev–Trinajstić information content (AvgIpc) is 2.81. The fourth-order valence-corrected chi connectivity index (χ4v) is 3.59. The predicted molar refractivity (Wildman–Crippen MR) is 64.1 cm³/mol. The van der Waals surface area contributed by atoms with Gasteiger partial charge in [-0.3, -0.25) is 14.9 Å². The second kappa shape index (κ2) is 3.77. The molecule has 0 spiro atoms. The number of nitrogens with one attached hydrogen (secondary N) is 1. The first-order valence-electron chi connectivity index (χ1n) is 5.48. The smallest absolute Gasteiger partial charge is 0.286 e. The monoisotopic (exact) mass is 249 g/mol. The molecular weight excluding hydrogens is 238 g/mol. The summed E-state index contributed by atoms with van der Waals surface area (Å²) in [7, 11) is 0. The molecule has 2 amide bonds. The first-order chi connectivity index (χ1) is 8.15. The van der Waals surface area contributed by atoms with Crippen molar-refractivity contribution < 1.29 is 14.7 Å². The second-order valence-electron chi connectivity index (χ2n) is 4.34. The number of aryl methyl sites for hydroxylation is 1. The number of phenols is 1. The van der Waals surface area contributed by atoms with Gasteiger partial charge in [-0.2, -0.15) is 0 Å². The fourth-order valence-electron chi connectivity index (χ4n) is 2.59. The highest BCUT2D eigenvalue weighted by Gasteiger charge is 2.41. The van der Waals surface area contributed by atoms with Crippen LogP contribution in [0.2, 0.25) is 0 Å². The SMILES string of the molecule is O=C1NC(=O)C([C@@H]2CCc3cc(O)ccc32)S1. The Balaban J connectivity index is 1.93. The molecule has 1 aliphatic carbocycles. The number of fused-ring (bicyclic) bond motifs is 1. The molecular formula is C12H11NO3S. The minimum Gasteiger partial charge on any atom is -0.508 e. The normalized spacial score (nSPS) is 27.1. The van der Waals surface area contributed by atoms with E-state index in [1.807, 2.05) is 6.07 Å². The Kier molecular flexibility index (Phi) is 2.36. The van der Waals surface area contributed by atoms with Crippen LogP contribution in [0, 0.1) is 0 Å². The van der Waals surface area contributed by atoms with E-state index in [2.05, 4.69) is 5.32 Å². The lowest BCUT2D eigenvalue weighted by Crippen LogP contribution is -2.27. The van der Waals surface area contributed by atoms with Gasteiger partial charge in [-0.1, -0.05) is 17.8 Å². The molecule has 0 saturated carbocycles. The largest absolute Gasteiger partial charge is 0.508 e.